The summed E-state index contributed by atoms with van der Waals surface area (Å²) in [4.78, 5) is 2.24. The van der Waals surface area contributed by atoms with Crippen molar-refractivity contribution in [2.75, 3.05) is 43.6 Å². The Bertz CT molecular complexity index is 919. The number of aromatic nitrogens is 3. The molecule has 0 unspecified atom stereocenters. The third-order valence-electron chi connectivity index (χ3n) is 4.81. The van der Waals surface area contributed by atoms with E-state index in [-0.39, 0.29) is 0 Å². The number of benzene rings is 2. The predicted molar refractivity (Wildman–Crippen MR) is 117 cm³/mol. The molecule has 0 saturated carbocycles. The van der Waals surface area contributed by atoms with Gasteiger partial charge in [-0.25, -0.2) is 0 Å². The van der Waals surface area contributed by atoms with Crippen LogP contribution < -0.4 is 9.64 Å². The topological polar surface area (TPSA) is 52.4 Å². The van der Waals surface area contributed by atoms with Crippen LogP contribution in [0.5, 0.6) is 5.75 Å². The van der Waals surface area contributed by atoms with Crippen LogP contribution in [0.3, 0.4) is 0 Å². The number of thioether (sulfide) groups is 1. The number of aryl methyl sites for hydroxylation is 2. The van der Waals surface area contributed by atoms with Crippen molar-refractivity contribution in [3.8, 4) is 11.4 Å². The van der Waals surface area contributed by atoms with E-state index in [1.165, 1.54) is 11.1 Å². The SMILES string of the molecule is Cc1ccc(OCCSc2nnc(N3CCOCC3)n2-c2ccc(C)cc2)cc1. The van der Waals surface area contributed by atoms with Crippen LogP contribution in [-0.2, 0) is 4.74 Å². The molecule has 3 aromatic rings. The van der Waals surface area contributed by atoms with Crippen LogP contribution >= 0.6 is 11.8 Å². The minimum Gasteiger partial charge on any atom is -0.493 e. The van der Waals surface area contributed by atoms with Crippen LogP contribution in [0.2, 0.25) is 0 Å². The fourth-order valence-electron chi connectivity index (χ4n) is 3.17. The van der Waals surface area contributed by atoms with E-state index in [1.54, 1.807) is 11.8 Å². The zero-order valence-corrected chi connectivity index (χ0v) is 17.7. The standard InChI is InChI=1S/C22H26N4O2S/c1-17-3-7-19(8-4-17)26-21(25-11-13-27-14-12-25)23-24-22(26)29-16-15-28-20-9-5-18(2)6-10-20/h3-10H,11-16H2,1-2H3. The second-order valence-electron chi connectivity index (χ2n) is 7.06. The summed E-state index contributed by atoms with van der Waals surface area (Å²) < 4.78 is 13.5. The summed E-state index contributed by atoms with van der Waals surface area (Å²) in [6.45, 7) is 7.86. The molecular weight excluding hydrogens is 384 g/mol. The molecule has 1 aliphatic rings. The first-order chi connectivity index (χ1) is 14.2. The van der Waals surface area contributed by atoms with E-state index in [2.05, 4.69) is 69.9 Å². The van der Waals surface area contributed by atoms with Gasteiger partial charge in [0, 0.05) is 18.8 Å². The van der Waals surface area contributed by atoms with Crippen LogP contribution in [0.25, 0.3) is 5.69 Å². The molecule has 2 heterocycles. The lowest BCUT2D eigenvalue weighted by Crippen LogP contribution is -2.37. The van der Waals surface area contributed by atoms with Crippen LogP contribution in [0.4, 0.5) is 5.95 Å². The van der Waals surface area contributed by atoms with Crippen molar-refractivity contribution in [1.82, 2.24) is 14.8 Å². The molecule has 1 aliphatic heterocycles. The van der Waals surface area contributed by atoms with Crippen molar-refractivity contribution in [3.63, 3.8) is 0 Å². The van der Waals surface area contributed by atoms with E-state index >= 15 is 0 Å². The molecule has 1 aromatic heterocycles. The first-order valence-corrected chi connectivity index (χ1v) is 10.9. The van der Waals surface area contributed by atoms with E-state index in [4.69, 9.17) is 9.47 Å². The van der Waals surface area contributed by atoms with E-state index in [1.807, 2.05) is 12.1 Å². The molecule has 0 aliphatic carbocycles. The molecule has 0 radical (unpaired) electrons. The van der Waals surface area contributed by atoms with Gasteiger partial charge in [-0.3, -0.25) is 4.57 Å². The lowest BCUT2D eigenvalue weighted by Gasteiger charge is -2.28. The Morgan fingerprint density at radius 3 is 2.28 bits per heavy atom. The average Bonchev–Trinajstić information content (AvgIpc) is 3.17. The van der Waals surface area contributed by atoms with E-state index in [9.17, 15) is 0 Å². The molecule has 1 fully saturated rings. The normalized spacial score (nSPS) is 14.2. The summed E-state index contributed by atoms with van der Waals surface area (Å²) in [5.74, 6) is 2.56. The van der Waals surface area contributed by atoms with Gasteiger partial charge in [0.2, 0.25) is 5.95 Å². The van der Waals surface area contributed by atoms with Crippen LogP contribution in [-0.4, -0.2) is 53.4 Å². The van der Waals surface area contributed by atoms with E-state index in [0.29, 0.717) is 19.8 Å². The van der Waals surface area contributed by atoms with Gasteiger partial charge in [-0.15, -0.1) is 10.2 Å². The van der Waals surface area contributed by atoms with Crippen molar-refractivity contribution in [2.45, 2.75) is 19.0 Å². The summed E-state index contributed by atoms with van der Waals surface area (Å²) in [7, 11) is 0. The lowest BCUT2D eigenvalue weighted by atomic mass is 10.2. The maximum absolute atomic E-state index is 5.86. The van der Waals surface area contributed by atoms with Crippen molar-refractivity contribution in [2.24, 2.45) is 0 Å². The maximum atomic E-state index is 5.86. The Balaban J connectivity index is 1.48. The molecule has 6 nitrogen and oxygen atoms in total. The maximum Gasteiger partial charge on any atom is 0.232 e. The smallest absolute Gasteiger partial charge is 0.232 e. The fourth-order valence-corrected chi connectivity index (χ4v) is 3.93. The number of hydrogen-bond acceptors (Lipinski definition) is 6. The molecule has 0 atom stereocenters. The molecule has 0 bridgehead atoms. The minimum absolute atomic E-state index is 0.612. The molecule has 4 rings (SSSR count). The van der Waals surface area contributed by atoms with Gasteiger partial charge in [0.15, 0.2) is 5.16 Å². The highest BCUT2D eigenvalue weighted by Gasteiger charge is 2.21. The first kappa shape index (κ1) is 19.8. The number of ether oxygens (including phenoxy) is 2. The monoisotopic (exact) mass is 410 g/mol. The van der Waals surface area contributed by atoms with Crippen molar-refractivity contribution < 1.29 is 9.47 Å². The molecule has 0 amide bonds. The summed E-state index contributed by atoms with van der Waals surface area (Å²) in [6.07, 6.45) is 0. The first-order valence-electron chi connectivity index (χ1n) is 9.88. The molecule has 0 spiro atoms. The minimum atomic E-state index is 0.612. The second kappa shape index (κ2) is 9.33. The van der Waals surface area contributed by atoms with Crippen molar-refractivity contribution >= 4 is 17.7 Å². The number of nitrogens with zero attached hydrogens (tertiary/aromatic N) is 4. The molecule has 152 valence electrons. The number of morpholine rings is 1. The molecule has 7 heteroatoms. The Labute approximate surface area is 175 Å². The molecule has 0 N–H and O–H groups in total. The van der Waals surface area contributed by atoms with Crippen LogP contribution in [0.15, 0.2) is 53.7 Å². The third-order valence-corrected chi connectivity index (χ3v) is 5.70. The molecular formula is C22H26N4O2S. The molecule has 29 heavy (non-hydrogen) atoms. The summed E-state index contributed by atoms with van der Waals surface area (Å²) in [5.41, 5.74) is 3.54. The van der Waals surface area contributed by atoms with Crippen molar-refractivity contribution in [1.29, 1.82) is 0 Å². The van der Waals surface area contributed by atoms with E-state index in [0.717, 1.165) is 41.4 Å². The summed E-state index contributed by atoms with van der Waals surface area (Å²) >= 11 is 1.66. The average molecular weight is 411 g/mol. The predicted octanol–water partition coefficient (Wildman–Crippen LogP) is 3.89. The lowest BCUT2D eigenvalue weighted by molar-refractivity contribution is 0.122. The zero-order chi connectivity index (χ0) is 20.1. The fraction of sp³-hybridized carbons (Fsp3) is 0.364. The van der Waals surface area contributed by atoms with Gasteiger partial charge in [-0.05, 0) is 38.1 Å². The highest BCUT2D eigenvalue weighted by molar-refractivity contribution is 7.99. The number of rotatable bonds is 7. The van der Waals surface area contributed by atoms with Gasteiger partial charge in [-0.1, -0.05) is 47.2 Å². The van der Waals surface area contributed by atoms with Crippen LogP contribution in [0.1, 0.15) is 11.1 Å². The Kier molecular flexibility index (Phi) is 6.36. The Morgan fingerprint density at radius 1 is 0.931 bits per heavy atom. The van der Waals surface area contributed by atoms with Gasteiger partial charge >= 0.3 is 0 Å². The second-order valence-corrected chi connectivity index (χ2v) is 8.13. The molecule has 1 saturated heterocycles. The van der Waals surface area contributed by atoms with Gasteiger partial charge in [-0.2, -0.15) is 0 Å². The molecule has 2 aromatic carbocycles. The summed E-state index contributed by atoms with van der Waals surface area (Å²) in [5, 5.41) is 9.87. The third kappa shape index (κ3) is 4.92. The highest BCUT2D eigenvalue weighted by Crippen LogP contribution is 2.27. The van der Waals surface area contributed by atoms with E-state index < -0.39 is 0 Å². The van der Waals surface area contributed by atoms with Gasteiger partial charge in [0.05, 0.1) is 25.5 Å². The largest absolute Gasteiger partial charge is 0.493 e. The number of anilines is 1. The zero-order valence-electron chi connectivity index (χ0n) is 16.9. The van der Waals surface area contributed by atoms with Crippen molar-refractivity contribution in [3.05, 3.63) is 59.7 Å². The van der Waals surface area contributed by atoms with Gasteiger partial charge in [0.25, 0.3) is 0 Å². The quantitative estimate of drug-likeness (QED) is 0.435. The Morgan fingerprint density at radius 2 is 1.59 bits per heavy atom. The number of hydrogen-bond donors (Lipinski definition) is 0. The van der Waals surface area contributed by atoms with Gasteiger partial charge in [0.1, 0.15) is 5.75 Å². The Hall–Kier alpha value is -2.51. The van der Waals surface area contributed by atoms with Gasteiger partial charge < -0.3 is 14.4 Å². The summed E-state index contributed by atoms with van der Waals surface area (Å²) in [6, 6.07) is 16.6. The highest BCUT2D eigenvalue weighted by atomic mass is 32.2. The van der Waals surface area contributed by atoms with Crippen LogP contribution in [0, 0.1) is 13.8 Å².